The number of anilines is 2. The minimum Gasteiger partial charge on any atom is -0.491 e. The number of rotatable bonds is 3. The van der Waals surface area contributed by atoms with Crippen LogP contribution in [0.5, 0.6) is 5.75 Å². The van der Waals surface area contributed by atoms with E-state index in [1.807, 2.05) is 18.7 Å². The van der Waals surface area contributed by atoms with Crippen LogP contribution in [-0.2, 0) is 4.79 Å². The maximum absolute atomic E-state index is 16.1. The zero-order valence-corrected chi connectivity index (χ0v) is 23.7. The van der Waals surface area contributed by atoms with Crippen molar-refractivity contribution in [2.24, 2.45) is 0 Å². The van der Waals surface area contributed by atoms with Crippen molar-refractivity contribution in [3.63, 3.8) is 0 Å². The number of hydrogen-bond donors (Lipinski definition) is 1. The van der Waals surface area contributed by atoms with Crippen LogP contribution < -0.4 is 20.6 Å². The van der Waals surface area contributed by atoms with Gasteiger partial charge in [0, 0.05) is 25.8 Å². The predicted molar refractivity (Wildman–Crippen MR) is 158 cm³/mol. The first-order valence-corrected chi connectivity index (χ1v) is 14.3. The second-order valence-corrected chi connectivity index (χ2v) is 11.2. The summed E-state index contributed by atoms with van der Waals surface area (Å²) in [5.41, 5.74) is 0.730. The lowest BCUT2D eigenvalue weighted by Gasteiger charge is -2.35. The summed E-state index contributed by atoms with van der Waals surface area (Å²) in [6.07, 6.45) is 3.63. The molecule has 1 amide bonds. The molecule has 3 aromatic heterocycles. The van der Waals surface area contributed by atoms with Gasteiger partial charge in [0.1, 0.15) is 29.7 Å². The molecule has 5 heterocycles. The highest BCUT2D eigenvalue weighted by Crippen LogP contribution is 2.42. The van der Waals surface area contributed by atoms with Crippen LogP contribution in [0, 0.1) is 11.6 Å². The highest BCUT2D eigenvalue weighted by atomic mass is 19.1. The fraction of sp³-hybridized carbons (Fsp3) is 0.323. The van der Waals surface area contributed by atoms with Crippen molar-refractivity contribution in [3.8, 4) is 22.7 Å². The molecule has 0 radical (unpaired) electrons. The topological polar surface area (TPSA) is 105 Å². The number of pyridine rings is 2. The Bertz CT molecular complexity index is 1870. The van der Waals surface area contributed by atoms with Gasteiger partial charge in [-0.2, -0.15) is 4.98 Å². The highest BCUT2D eigenvalue weighted by Gasteiger charge is 2.51. The number of piperazine rings is 1. The monoisotopic (exact) mass is 585 g/mol. The van der Waals surface area contributed by atoms with Crippen molar-refractivity contribution in [2.45, 2.75) is 38.3 Å². The number of benzene rings is 1. The Morgan fingerprint density at radius 2 is 2.00 bits per heavy atom. The molecule has 220 valence electrons. The standard InChI is InChI=1S/C31H29F2N7O3/c1-4-24(41)38-11-12-39(22-15-21(22)38)29-17-14-19(33)27-25-18(32)6-5-7-23(25)43-13-10-34-20-8-9-35-26(16(2)3)28(20)40(30(17)36-27)31(42)37-29/h4-9,14,16,21-22,34H,1,10-13,15H2,2-3H3/t21?,22-/m0/s1. The number of aromatic nitrogens is 4. The zero-order chi connectivity index (χ0) is 30.0. The molecule has 1 unspecified atom stereocenters. The molecule has 1 aromatic carbocycles. The van der Waals surface area contributed by atoms with E-state index in [0.717, 1.165) is 0 Å². The van der Waals surface area contributed by atoms with Crippen LogP contribution in [0.1, 0.15) is 31.9 Å². The first-order valence-electron chi connectivity index (χ1n) is 14.3. The molecule has 4 aromatic rings. The average Bonchev–Trinajstić information content (AvgIpc) is 3.79. The zero-order valence-electron chi connectivity index (χ0n) is 23.7. The molecule has 1 saturated heterocycles. The number of nitrogens with zero attached hydrogens (tertiary/aromatic N) is 6. The lowest BCUT2D eigenvalue weighted by molar-refractivity contribution is -0.126. The van der Waals surface area contributed by atoms with Gasteiger partial charge in [-0.3, -0.25) is 9.78 Å². The molecule has 2 aliphatic heterocycles. The van der Waals surface area contributed by atoms with E-state index in [4.69, 9.17) is 4.74 Å². The van der Waals surface area contributed by atoms with Gasteiger partial charge in [-0.25, -0.2) is 23.1 Å². The highest BCUT2D eigenvalue weighted by molar-refractivity contribution is 5.92. The molecule has 10 nitrogen and oxygen atoms in total. The summed E-state index contributed by atoms with van der Waals surface area (Å²) in [6, 6.07) is 7.13. The summed E-state index contributed by atoms with van der Waals surface area (Å²) >= 11 is 0. The maximum Gasteiger partial charge on any atom is 0.355 e. The van der Waals surface area contributed by atoms with Gasteiger partial charge in [0.15, 0.2) is 11.5 Å². The number of hydrogen-bond acceptors (Lipinski definition) is 8. The lowest BCUT2D eigenvalue weighted by Crippen LogP contribution is -2.49. The third-order valence-corrected chi connectivity index (χ3v) is 8.25. The number of nitrogens with one attached hydrogen (secondary N) is 1. The molecule has 1 saturated carbocycles. The normalized spacial score (nSPS) is 19.0. The molecule has 12 heteroatoms. The predicted octanol–water partition coefficient (Wildman–Crippen LogP) is 4.02. The van der Waals surface area contributed by atoms with Crippen LogP contribution in [-0.4, -0.2) is 68.7 Å². The van der Waals surface area contributed by atoms with E-state index < -0.39 is 17.3 Å². The Hall–Kier alpha value is -4.87. The fourth-order valence-corrected chi connectivity index (χ4v) is 6.21. The Morgan fingerprint density at radius 3 is 2.79 bits per heavy atom. The molecule has 43 heavy (non-hydrogen) atoms. The summed E-state index contributed by atoms with van der Waals surface area (Å²) in [4.78, 5) is 43.9. The molecule has 3 aliphatic rings. The Morgan fingerprint density at radius 1 is 1.16 bits per heavy atom. The van der Waals surface area contributed by atoms with Gasteiger partial charge in [0.25, 0.3) is 0 Å². The van der Waals surface area contributed by atoms with Crippen molar-refractivity contribution in [1.82, 2.24) is 24.4 Å². The number of halogens is 2. The van der Waals surface area contributed by atoms with Crippen LogP contribution in [0.3, 0.4) is 0 Å². The van der Waals surface area contributed by atoms with Crippen molar-refractivity contribution in [2.75, 3.05) is 36.5 Å². The van der Waals surface area contributed by atoms with Crippen LogP contribution in [0.25, 0.3) is 28.0 Å². The van der Waals surface area contributed by atoms with Crippen LogP contribution in [0.15, 0.2) is 54.0 Å². The first kappa shape index (κ1) is 27.0. The molecular formula is C31H29F2N7O3. The number of ether oxygens (including phenoxy) is 1. The Balaban J connectivity index is 1.53. The first-order chi connectivity index (χ1) is 20.8. The van der Waals surface area contributed by atoms with E-state index in [1.54, 1.807) is 23.2 Å². The second kappa shape index (κ2) is 10.1. The lowest BCUT2D eigenvalue weighted by atomic mass is 10.1. The van der Waals surface area contributed by atoms with Crippen molar-refractivity contribution in [3.05, 3.63) is 77.0 Å². The minimum atomic E-state index is -0.783. The van der Waals surface area contributed by atoms with Gasteiger partial charge in [-0.05, 0) is 42.7 Å². The third-order valence-electron chi connectivity index (χ3n) is 8.25. The van der Waals surface area contributed by atoms with Crippen molar-refractivity contribution in [1.29, 1.82) is 0 Å². The SMILES string of the molecule is C=CC(=O)N1CCN(c2nc(=O)n3c4nc(c(F)cc24)-c2c(F)cccc2OCCNc2ccnc(C(C)C)c2-3)[C@H]2CC21. The van der Waals surface area contributed by atoms with Gasteiger partial charge in [-0.15, -0.1) is 0 Å². The molecule has 2 atom stereocenters. The maximum atomic E-state index is 16.1. The number of amides is 1. The van der Waals surface area contributed by atoms with E-state index in [2.05, 4.69) is 26.8 Å². The summed E-state index contributed by atoms with van der Waals surface area (Å²) in [5.74, 6) is -1.32. The van der Waals surface area contributed by atoms with E-state index in [0.29, 0.717) is 43.1 Å². The van der Waals surface area contributed by atoms with Crippen LogP contribution in [0.4, 0.5) is 20.3 Å². The minimum absolute atomic E-state index is 0.0618. The summed E-state index contributed by atoms with van der Waals surface area (Å²) in [5, 5.41) is 3.61. The molecule has 7 rings (SSSR count). The molecule has 1 aliphatic carbocycles. The van der Waals surface area contributed by atoms with Gasteiger partial charge < -0.3 is 19.9 Å². The molecular weight excluding hydrogens is 556 g/mol. The van der Waals surface area contributed by atoms with Gasteiger partial charge in [0.2, 0.25) is 5.91 Å². The quantitative estimate of drug-likeness (QED) is 0.360. The third kappa shape index (κ3) is 4.31. The molecule has 2 fully saturated rings. The molecule has 2 bridgehead atoms. The van der Waals surface area contributed by atoms with E-state index in [1.165, 1.54) is 28.8 Å². The van der Waals surface area contributed by atoms with Crippen LogP contribution >= 0.6 is 0 Å². The van der Waals surface area contributed by atoms with Gasteiger partial charge in [-0.1, -0.05) is 26.5 Å². The average molecular weight is 586 g/mol. The van der Waals surface area contributed by atoms with E-state index >= 15 is 8.78 Å². The smallest absolute Gasteiger partial charge is 0.355 e. The van der Waals surface area contributed by atoms with Gasteiger partial charge >= 0.3 is 5.69 Å². The largest absolute Gasteiger partial charge is 0.491 e. The number of fused-ring (bicyclic) bond motifs is 6. The van der Waals surface area contributed by atoms with E-state index in [-0.39, 0.29) is 64.4 Å². The Labute approximate surface area is 245 Å². The van der Waals surface area contributed by atoms with Gasteiger partial charge in [0.05, 0.1) is 40.1 Å². The summed E-state index contributed by atoms with van der Waals surface area (Å²) < 4.78 is 38.7. The fourth-order valence-electron chi connectivity index (χ4n) is 6.21. The Kier molecular flexibility index (Phi) is 6.37. The van der Waals surface area contributed by atoms with Crippen LogP contribution in [0.2, 0.25) is 0 Å². The second-order valence-electron chi connectivity index (χ2n) is 11.2. The molecule has 0 spiro atoms. The number of carbonyl (C=O) groups excluding carboxylic acids is 1. The summed E-state index contributed by atoms with van der Waals surface area (Å²) in [6.45, 7) is 8.75. The number of carbonyl (C=O) groups is 1. The van der Waals surface area contributed by atoms with Crippen molar-refractivity contribution < 1.29 is 18.3 Å². The van der Waals surface area contributed by atoms with E-state index in [9.17, 15) is 9.59 Å². The van der Waals surface area contributed by atoms with Crippen molar-refractivity contribution >= 4 is 28.4 Å². The summed E-state index contributed by atoms with van der Waals surface area (Å²) in [7, 11) is 0. The molecule has 1 N–H and O–H groups in total.